The van der Waals surface area contributed by atoms with Crippen LogP contribution >= 0.6 is 28.1 Å². The standard InChI is InChI=1S/C15H13BrN4O2S/c16-13-7-6-12(8-14(13)20(21)22)10-18-19-15(23)17-9-11-4-2-1-3-5-11/h1-8,10H,9H2,(H2,17,19,23)/b18-10-. The molecule has 0 aliphatic heterocycles. The van der Waals surface area contributed by atoms with Crippen LogP contribution in [0.25, 0.3) is 0 Å². The first-order valence-electron chi connectivity index (χ1n) is 6.61. The monoisotopic (exact) mass is 392 g/mol. The van der Waals surface area contributed by atoms with E-state index in [-0.39, 0.29) is 5.69 Å². The molecule has 0 fully saturated rings. The summed E-state index contributed by atoms with van der Waals surface area (Å²) in [7, 11) is 0. The fourth-order valence-corrected chi connectivity index (χ4v) is 2.25. The molecular formula is C15H13BrN4O2S. The van der Waals surface area contributed by atoms with Crippen LogP contribution in [0.3, 0.4) is 0 Å². The minimum atomic E-state index is -0.457. The first-order valence-corrected chi connectivity index (χ1v) is 7.81. The largest absolute Gasteiger partial charge is 0.357 e. The molecule has 2 aromatic carbocycles. The van der Waals surface area contributed by atoms with E-state index in [2.05, 4.69) is 31.8 Å². The van der Waals surface area contributed by atoms with E-state index in [1.807, 2.05) is 30.3 Å². The highest BCUT2D eigenvalue weighted by Crippen LogP contribution is 2.24. The van der Waals surface area contributed by atoms with E-state index in [1.54, 1.807) is 12.1 Å². The van der Waals surface area contributed by atoms with Crippen LogP contribution in [0.15, 0.2) is 58.1 Å². The average molecular weight is 393 g/mol. The van der Waals surface area contributed by atoms with Crippen molar-refractivity contribution in [2.24, 2.45) is 5.10 Å². The number of hydrogen-bond acceptors (Lipinski definition) is 4. The first-order chi connectivity index (χ1) is 11.1. The lowest BCUT2D eigenvalue weighted by atomic mass is 10.2. The van der Waals surface area contributed by atoms with Crippen molar-refractivity contribution in [3.63, 3.8) is 0 Å². The van der Waals surface area contributed by atoms with Gasteiger partial charge in [0, 0.05) is 18.2 Å². The van der Waals surface area contributed by atoms with E-state index < -0.39 is 4.92 Å². The molecule has 0 saturated carbocycles. The maximum absolute atomic E-state index is 10.9. The van der Waals surface area contributed by atoms with Gasteiger partial charge in [0.2, 0.25) is 0 Å². The first kappa shape index (κ1) is 17.0. The predicted octanol–water partition coefficient (Wildman–Crippen LogP) is 3.36. The van der Waals surface area contributed by atoms with Gasteiger partial charge < -0.3 is 5.32 Å². The van der Waals surface area contributed by atoms with Gasteiger partial charge in [0.25, 0.3) is 5.69 Å². The second kappa shape index (κ2) is 8.35. The van der Waals surface area contributed by atoms with Crippen LogP contribution in [0, 0.1) is 10.1 Å². The number of thiocarbonyl (C=S) groups is 1. The number of nitro benzene ring substituents is 1. The molecular weight excluding hydrogens is 380 g/mol. The van der Waals surface area contributed by atoms with Gasteiger partial charge in [0.05, 0.1) is 15.6 Å². The van der Waals surface area contributed by atoms with E-state index >= 15 is 0 Å². The Morgan fingerprint density at radius 2 is 2.04 bits per heavy atom. The van der Waals surface area contributed by atoms with Crippen LogP contribution < -0.4 is 10.7 Å². The predicted molar refractivity (Wildman–Crippen MR) is 97.4 cm³/mol. The van der Waals surface area contributed by atoms with Gasteiger partial charge in [-0.15, -0.1) is 0 Å². The van der Waals surface area contributed by atoms with Crippen LogP contribution in [0.1, 0.15) is 11.1 Å². The molecule has 2 rings (SSSR count). The van der Waals surface area contributed by atoms with E-state index in [9.17, 15) is 10.1 Å². The average Bonchev–Trinajstić information content (AvgIpc) is 2.55. The lowest BCUT2D eigenvalue weighted by Crippen LogP contribution is -2.31. The third kappa shape index (κ3) is 5.42. The van der Waals surface area contributed by atoms with Crippen LogP contribution in [-0.2, 0) is 6.54 Å². The van der Waals surface area contributed by atoms with Crippen molar-refractivity contribution < 1.29 is 4.92 Å². The summed E-state index contributed by atoms with van der Waals surface area (Å²) in [6, 6.07) is 14.6. The minimum absolute atomic E-state index is 0.0151. The Balaban J connectivity index is 1.87. The number of rotatable bonds is 5. The van der Waals surface area contributed by atoms with Gasteiger partial charge in [-0.2, -0.15) is 5.10 Å². The highest BCUT2D eigenvalue weighted by molar-refractivity contribution is 9.10. The molecule has 0 radical (unpaired) electrons. The lowest BCUT2D eigenvalue weighted by Gasteiger charge is -2.06. The zero-order valence-corrected chi connectivity index (χ0v) is 14.3. The lowest BCUT2D eigenvalue weighted by molar-refractivity contribution is -0.385. The fraction of sp³-hybridized carbons (Fsp3) is 0.0667. The molecule has 2 N–H and O–H groups in total. The second-order valence-electron chi connectivity index (χ2n) is 4.51. The number of benzene rings is 2. The Kier molecular flexibility index (Phi) is 6.19. The van der Waals surface area contributed by atoms with E-state index in [1.165, 1.54) is 12.3 Å². The van der Waals surface area contributed by atoms with Crippen molar-refractivity contribution in [1.82, 2.24) is 10.7 Å². The smallest absolute Gasteiger partial charge is 0.284 e. The van der Waals surface area contributed by atoms with Crippen LogP contribution in [0.2, 0.25) is 0 Å². The van der Waals surface area contributed by atoms with Crippen LogP contribution in [0.5, 0.6) is 0 Å². The third-order valence-corrected chi connectivity index (χ3v) is 3.75. The molecule has 0 amide bonds. The summed E-state index contributed by atoms with van der Waals surface area (Å²) in [6.45, 7) is 0.589. The molecule has 0 atom stereocenters. The molecule has 2 aromatic rings. The molecule has 23 heavy (non-hydrogen) atoms. The van der Waals surface area contributed by atoms with Gasteiger partial charge >= 0.3 is 0 Å². The summed E-state index contributed by atoms with van der Waals surface area (Å²) in [4.78, 5) is 10.4. The topological polar surface area (TPSA) is 79.6 Å². The zero-order chi connectivity index (χ0) is 16.7. The normalized spacial score (nSPS) is 10.5. The Morgan fingerprint density at radius 1 is 1.30 bits per heavy atom. The molecule has 0 bridgehead atoms. The maximum Gasteiger partial charge on any atom is 0.284 e. The van der Waals surface area contributed by atoms with Gasteiger partial charge in [-0.25, -0.2) is 0 Å². The van der Waals surface area contributed by atoms with E-state index in [0.29, 0.717) is 21.7 Å². The minimum Gasteiger partial charge on any atom is -0.357 e. The number of nitro groups is 1. The highest BCUT2D eigenvalue weighted by atomic mass is 79.9. The fourth-order valence-electron chi connectivity index (χ4n) is 1.73. The summed E-state index contributed by atoms with van der Waals surface area (Å²) >= 11 is 8.24. The third-order valence-electron chi connectivity index (χ3n) is 2.84. The Labute approximate surface area is 146 Å². The van der Waals surface area contributed by atoms with Gasteiger partial charge in [0.1, 0.15) is 0 Å². The molecule has 0 aliphatic rings. The van der Waals surface area contributed by atoms with Gasteiger partial charge in [-0.05, 0) is 39.8 Å². The van der Waals surface area contributed by atoms with Gasteiger partial charge in [0.15, 0.2) is 5.11 Å². The summed E-state index contributed by atoms with van der Waals surface area (Å²) in [5.41, 5.74) is 4.35. The van der Waals surface area contributed by atoms with Crippen molar-refractivity contribution >= 4 is 45.2 Å². The number of hydrogen-bond donors (Lipinski definition) is 2. The van der Waals surface area contributed by atoms with Crippen molar-refractivity contribution in [2.75, 3.05) is 0 Å². The molecule has 0 spiro atoms. The summed E-state index contributed by atoms with van der Waals surface area (Å²) in [5, 5.41) is 18.2. The maximum atomic E-state index is 10.9. The van der Waals surface area contributed by atoms with Gasteiger partial charge in [-0.1, -0.05) is 36.4 Å². The Bertz CT molecular complexity index is 738. The van der Waals surface area contributed by atoms with Crippen molar-refractivity contribution in [3.8, 4) is 0 Å². The van der Waals surface area contributed by atoms with E-state index in [0.717, 1.165) is 5.56 Å². The highest BCUT2D eigenvalue weighted by Gasteiger charge is 2.11. The molecule has 6 nitrogen and oxygen atoms in total. The zero-order valence-electron chi connectivity index (χ0n) is 11.9. The van der Waals surface area contributed by atoms with Crippen molar-refractivity contribution in [2.45, 2.75) is 6.54 Å². The molecule has 0 aromatic heterocycles. The number of nitrogens with one attached hydrogen (secondary N) is 2. The number of nitrogens with zero attached hydrogens (tertiary/aromatic N) is 2. The number of hydrazone groups is 1. The summed E-state index contributed by atoms with van der Waals surface area (Å²) < 4.78 is 0.424. The molecule has 0 heterocycles. The molecule has 0 aliphatic carbocycles. The molecule has 118 valence electrons. The van der Waals surface area contributed by atoms with Gasteiger partial charge in [-0.3, -0.25) is 15.5 Å². The van der Waals surface area contributed by atoms with E-state index in [4.69, 9.17) is 12.2 Å². The Hall–Kier alpha value is -2.32. The Morgan fingerprint density at radius 3 is 2.74 bits per heavy atom. The summed E-state index contributed by atoms with van der Waals surface area (Å²) in [6.07, 6.45) is 1.47. The SMILES string of the molecule is O=[N+]([O-])c1cc(/C=N\NC(=S)NCc2ccccc2)ccc1Br. The molecule has 8 heteroatoms. The van der Waals surface area contributed by atoms with Crippen LogP contribution in [-0.4, -0.2) is 16.3 Å². The quantitative estimate of drug-likeness (QED) is 0.353. The number of halogens is 1. The van der Waals surface area contributed by atoms with Crippen molar-refractivity contribution in [3.05, 3.63) is 74.2 Å². The molecule has 0 saturated heterocycles. The molecule has 0 unspecified atom stereocenters. The van der Waals surface area contributed by atoms with Crippen molar-refractivity contribution in [1.29, 1.82) is 0 Å². The van der Waals surface area contributed by atoms with Crippen LogP contribution in [0.4, 0.5) is 5.69 Å². The second-order valence-corrected chi connectivity index (χ2v) is 5.77. The summed E-state index contributed by atoms with van der Waals surface area (Å²) in [5.74, 6) is 0.